The zero-order chi connectivity index (χ0) is 13.0. The van der Waals surface area contributed by atoms with E-state index in [4.69, 9.17) is 5.73 Å². The summed E-state index contributed by atoms with van der Waals surface area (Å²) in [6.45, 7) is 4.25. The molecular formula is C16H26N2. The summed E-state index contributed by atoms with van der Waals surface area (Å²) in [4.78, 5) is 2.51. The summed E-state index contributed by atoms with van der Waals surface area (Å²) in [6.07, 6.45) is 5.03. The van der Waals surface area contributed by atoms with Crippen LogP contribution in [0.1, 0.15) is 31.7 Å². The second-order valence-electron chi connectivity index (χ2n) is 5.76. The number of nitrogens with zero attached hydrogens (tertiary/aromatic N) is 1. The molecule has 2 heteroatoms. The van der Waals surface area contributed by atoms with Crippen molar-refractivity contribution in [2.24, 2.45) is 11.7 Å². The fourth-order valence-electron chi connectivity index (χ4n) is 3.42. The van der Waals surface area contributed by atoms with Crippen molar-refractivity contribution in [1.82, 2.24) is 4.90 Å². The van der Waals surface area contributed by atoms with Gasteiger partial charge in [0, 0.05) is 18.6 Å². The van der Waals surface area contributed by atoms with Gasteiger partial charge in [0.1, 0.15) is 0 Å². The maximum Gasteiger partial charge on any atom is 0.0354 e. The standard InChI is InChI=1S/C16H26N2/c1-14-7-6-11-16(14,13-17)18(2)12-10-15-8-4-3-5-9-15/h3-5,8-9,14H,6-7,10-13,17H2,1-2H3. The SMILES string of the molecule is CC1CCCC1(CN)N(C)CCc1ccccc1. The van der Waals surface area contributed by atoms with E-state index in [-0.39, 0.29) is 5.54 Å². The van der Waals surface area contributed by atoms with E-state index in [1.54, 1.807) is 0 Å². The van der Waals surface area contributed by atoms with Crippen LogP contribution in [0.4, 0.5) is 0 Å². The van der Waals surface area contributed by atoms with Gasteiger partial charge in [0.05, 0.1) is 0 Å². The van der Waals surface area contributed by atoms with Gasteiger partial charge >= 0.3 is 0 Å². The van der Waals surface area contributed by atoms with Crippen LogP contribution < -0.4 is 5.73 Å². The summed E-state index contributed by atoms with van der Waals surface area (Å²) in [5, 5.41) is 0. The average molecular weight is 246 g/mol. The van der Waals surface area contributed by atoms with E-state index < -0.39 is 0 Å². The lowest BCUT2D eigenvalue weighted by Gasteiger charge is -2.42. The first-order chi connectivity index (χ1) is 8.69. The highest BCUT2D eigenvalue weighted by molar-refractivity contribution is 5.15. The van der Waals surface area contributed by atoms with Crippen molar-refractivity contribution in [3.05, 3.63) is 35.9 Å². The van der Waals surface area contributed by atoms with E-state index in [0.717, 1.165) is 25.4 Å². The molecule has 1 aromatic rings. The van der Waals surface area contributed by atoms with Crippen molar-refractivity contribution in [3.63, 3.8) is 0 Å². The van der Waals surface area contributed by atoms with E-state index in [9.17, 15) is 0 Å². The Balaban J connectivity index is 1.96. The van der Waals surface area contributed by atoms with Crippen molar-refractivity contribution in [1.29, 1.82) is 0 Å². The Kier molecular flexibility index (Phi) is 4.41. The number of benzene rings is 1. The summed E-state index contributed by atoms with van der Waals surface area (Å²) >= 11 is 0. The molecule has 0 saturated heterocycles. The molecule has 2 rings (SSSR count). The van der Waals surface area contributed by atoms with E-state index in [1.165, 1.54) is 24.8 Å². The minimum Gasteiger partial charge on any atom is -0.329 e. The van der Waals surface area contributed by atoms with Crippen molar-refractivity contribution in [3.8, 4) is 0 Å². The Morgan fingerprint density at radius 2 is 2.06 bits per heavy atom. The van der Waals surface area contributed by atoms with Crippen LogP contribution in [0.25, 0.3) is 0 Å². The second kappa shape index (κ2) is 5.85. The molecule has 0 aromatic heterocycles. The van der Waals surface area contributed by atoms with E-state index in [2.05, 4.69) is 49.2 Å². The summed E-state index contributed by atoms with van der Waals surface area (Å²) in [5.41, 5.74) is 7.75. The summed E-state index contributed by atoms with van der Waals surface area (Å²) < 4.78 is 0. The fourth-order valence-corrected chi connectivity index (χ4v) is 3.42. The van der Waals surface area contributed by atoms with Crippen LogP contribution in [0.2, 0.25) is 0 Å². The predicted molar refractivity (Wildman–Crippen MR) is 77.6 cm³/mol. The fraction of sp³-hybridized carbons (Fsp3) is 0.625. The summed E-state index contributed by atoms with van der Waals surface area (Å²) in [7, 11) is 2.25. The Labute approximate surface area is 111 Å². The molecule has 1 aliphatic rings. The van der Waals surface area contributed by atoms with Gasteiger partial charge in [-0.25, -0.2) is 0 Å². The topological polar surface area (TPSA) is 29.3 Å². The predicted octanol–water partition coefficient (Wildman–Crippen LogP) is 2.68. The highest BCUT2D eigenvalue weighted by Gasteiger charge is 2.41. The molecule has 1 fully saturated rings. The zero-order valence-corrected chi connectivity index (χ0v) is 11.7. The molecule has 18 heavy (non-hydrogen) atoms. The van der Waals surface area contributed by atoms with Gasteiger partial charge in [0.2, 0.25) is 0 Å². The molecule has 2 N–H and O–H groups in total. The van der Waals surface area contributed by atoms with Gasteiger partial charge in [-0.15, -0.1) is 0 Å². The number of rotatable bonds is 5. The lowest BCUT2D eigenvalue weighted by Crippen LogP contribution is -2.54. The Hall–Kier alpha value is -0.860. The van der Waals surface area contributed by atoms with Gasteiger partial charge in [0.25, 0.3) is 0 Å². The van der Waals surface area contributed by atoms with Crippen molar-refractivity contribution in [2.75, 3.05) is 20.1 Å². The van der Waals surface area contributed by atoms with Gasteiger partial charge < -0.3 is 5.73 Å². The van der Waals surface area contributed by atoms with Crippen LogP contribution in [0.15, 0.2) is 30.3 Å². The molecule has 100 valence electrons. The normalized spacial score (nSPS) is 27.9. The van der Waals surface area contributed by atoms with E-state index in [0.29, 0.717) is 0 Å². The third-order valence-electron chi connectivity index (χ3n) is 4.86. The Bertz CT molecular complexity index is 363. The van der Waals surface area contributed by atoms with Gasteiger partial charge in [-0.3, -0.25) is 4.90 Å². The minimum atomic E-state index is 0.245. The first kappa shape index (κ1) is 13.6. The molecule has 0 radical (unpaired) electrons. The summed E-state index contributed by atoms with van der Waals surface area (Å²) in [5.74, 6) is 0.725. The van der Waals surface area contributed by atoms with E-state index in [1.807, 2.05) is 0 Å². The molecule has 1 aromatic carbocycles. The van der Waals surface area contributed by atoms with Crippen molar-refractivity contribution < 1.29 is 0 Å². The van der Waals surface area contributed by atoms with Crippen LogP contribution in [-0.2, 0) is 6.42 Å². The van der Waals surface area contributed by atoms with Crippen LogP contribution in [0, 0.1) is 5.92 Å². The number of likely N-dealkylation sites (N-methyl/N-ethyl adjacent to an activating group) is 1. The van der Waals surface area contributed by atoms with Gasteiger partial charge in [-0.1, -0.05) is 43.7 Å². The number of hydrogen-bond donors (Lipinski definition) is 1. The molecule has 2 nitrogen and oxygen atoms in total. The molecule has 2 unspecified atom stereocenters. The molecule has 0 aliphatic heterocycles. The highest BCUT2D eigenvalue weighted by Crippen LogP contribution is 2.38. The molecule has 1 aliphatic carbocycles. The largest absolute Gasteiger partial charge is 0.329 e. The number of nitrogens with two attached hydrogens (primary N) is 1. The maximum atomic E-state index is 6.09. The first-order valence-electron chi connectivity index (χ1n) is 7.14. The van der Waals surface area contributed by atoms with Crippen molar-refractivity contribution in [2.45, 2.75) is 38.1 Å². The van der Waals surface area contributed by atoms with Crippen LogP contribution >= 0.6 is 0 Å². The van der Waals surface area contributed by atoms with Crippen LogP contribution in [0.3, 0.4) is 0 Å². The monoisotopic (exact) mass is 246 g/mol. The summed E-state index contributed by atoms with van der Waals surface area (Å²) in [6, 6.07) is 10.7. The average Bonchev–Trinajstić information content (AvgIpc) is 2.79. The third kappa shape index (κ3) is 2.60. The van der Waals surface area contributed by atoms with Crippen LogP contribution in [0.5, 0.6) is 0 Å². The van der Waals surface area contributed by atoms with Gasteiger partial charge in [0.15, 0.2) is 0 Å². The van der Waals surface area contributed by atoms with Gasteiger partial charge in [-0.05, 0) is 37.8 Å². The molecular weight excluding hydrogens is 220 g/mol. The lowest BCUT2D eigenvalue weighted by molar-refractivity contribution is 0.0927. The minimum absolute atomic E-state index is 0.245. The van der Waals surface area contributed by atoms with Gasteiger partial charge in [-0.2, -0.15) is 0 Å². The quantitative estimate of drug-likeness (QED) is 0.865. The molecule has 0 amide bonds. The maximum absolute atomic E-state index is 6.09. The lowest BCUT2D eigenvalue weighted by atomic mass is 9.86. The molecule has 1 saturated carbocycles. The Morgan fingerprint density at radius 1 is 1.33 bits per heavy atom. The van der Waals surface area contributed by atoms with Crippen LogP contribution in [-0.4, -0.2) is 30.6 Å². The smallest absolute Gasteiger partial charge is 0.0354 e. The number of hydrogen-bond acceptors (Lipinski definition) is 2. The third-order valence-corrected chi connectivity index (χ3v) is 4.86. The Morgan fingerprint density at radius 3 is 2.61 bits per heavy atom. The second-order valence-corrected chi connectivity index (χ2v) is 5.76. The molecule has 0 heterocycles. The van der Waals surface area contributed by atoms with E-state index >= 15 is 0 Å². The molecule has 0 bridgehead atoms. The van der Waals surface area contributed by atoms with Crippen molar-refractivity contribution >= 4 is 0 Å². The molecule has 2 atom stereocenters. The first-order valence-corrected chi connectivity index (χ1v) is 7.14. The zero-order valence-electron chi connectivity index (χ0n) is 11.7. The highest BCUT2D eigenvalue weighted by atomic mass is 15.2. The molecule has 0 spiro atoms.